The summed E-state index contributed by atoms with van der Waals surface area (Å²) in [6.07, 6.45) is 10.8. The van der Waals surface area contributed by atoms with Crippen LogP contribution in [0.15, 0.2) is 12.2 Å². The molecule has 2 rings (SSSR count). The molecule has 0 unspecified atom stereocenters. The van der Waals surface area contributed by atoms with E-state index in [0.29, 0.717) is 0 Å². The van der Waals surface area contributed by atoms with Gasteiger partial charge in [-0.05, 0) is 25.7 Å². The van der Waals surface area contributed by atoms with Crippen molar-refractivity contribution in [3.63, 3.8) is 0 Å². The molecular formula is C12H18INO2. The fourth-order valence-electron chi connectivity index (χ4n) is 2.90. The number of alkyl halides is 1. The zero-order chi connectivity index (χ0) is 11.6. The zero-order valence-electron chi connectivity index (χ0n) is 9.59. The number of halogens is 1. The standard InChI is InChI=1S/C12H18INO2/c1-16-10(15)14-12-8-4-2-6-11(12,13)7-3-5-9-12/h2,4H,3,5-9H2,1H3,(H,14,15)/t11-,12-/m0/s1. The molecule has 3 nitrogen and oxygen atoms in total. The highest BCUT2D eigenvalue weighted by atomic mass is 127. The second-order valence-corrected chi connectivity index (χ2v) is 6.82. The normalized spacial score (nSPS) is 37.6. The fraction of sp³-hybridized carbons (Fsp3) is 0.750. The highest BCUT2D eigenvalue weighted by Gasteiger charge is 2.52. The quantitative estimate of drug-likeness (QED) is 0.454. The number of methoxy groups -OCH3 is 1. The highest BCUT2D eigenvalue weighted by molar-refractivity contribution is 14.1. The molecule has 0 bridgehead atoms. The van der Waals surface area contributed by atoms with E-state index in [1.54, 1.807) is 0 Å². The maximum absolute atomic E-state index is 11.5. The Morgan fingerprint density at radius 1 is 1.31 bits per heavy atom. The van der Waals surface area contributed by atoms with Crippen LogP contribution < -0.4 is 5.32 Å². The molecule has 2 aliphatic rings. The topological polar surface area (TPSA) is 38.3 Å². The molecule has 1 saturated carbocycles. The minimum Gasteiger partial charge on any atom is -0.453 e. The van der Waals surface area contributed by atoms with E-state index in [9.17, 15) is 4.79 Å². The third-order valence-electron chi connectivity index (χ3n) is 3.89. The Balaban J connectivity index is 2.25. The number of allylic oxidation sites excluding steroid dienone is 1. The van der Waals surface area contributed by atoms with Crippen LogP contribution >= 0.6 is 22.6 Å². The van der Waals surface area contributed by atoms with E-state index in [-0.39, 0.29) is 15.1 Å². The van der Waals surface area contributed by atoms with Gasteiger partial charge in [0.2, 0.25) is 0 Å². The minimum atomic E-state index is -0.293. The van der Waals surface area contributed by atoms with Crippen LogP contribution in [0.4, 0.5) is 4.79 Å². The van der Waals surface area contributed by atoms with E-state index in [1.807, 2.05) is 0 Å². The summed E-state index contributed by atoms with van der Waals surface area (Å²) < 4.78 is 4.94. The summed E-state index contributed by atoms with van der Waals surface area (Å²) in [6.45, 7) is 0. The van der Waals surface area contributed by atoms with Crippen LogP contribution in [0.1, 0.15) is 38.5 Å². The number of carbonyl (C=O) groups is 1. The van der Waals surface area contributed by atoms with Crippen LogP contribution in [0.3, 0.4) is 0 Å². The monoisotopic (exact) mass is 335 g/mol. The van der Waals surface area contributed by atoms with Gasteiger partial charge in [0.15, 0.2) is 0 Å². The van der Waals surface area contributed by atoms with Crippen molar-refractivity contribution in [3.05, 3.63) is 12.2 Å². The third kappa shape index (κ3) is 1.96. The van der Waals surface area contributed by atoms with Crippen molar-refractivity contribution in [1.82, 2.24) is 5.32 Å². The summed E-state index contributed by atoms with van der Waals surface area (Å²) in [7, 11) is 1.43. The summed E-state index contributed by atoms with van der Waals surface area (Å²) in [4.78, 5) is 11.5. The first-order chi connectivity index (χ1) is 7.62. The lowest BCUT2D eigenvalue weighted by Gasteiger charge is -2.52. The van der Waals surface area contributed by atoms with Gasteiger partial charge in [0, 0.05) is 3.42 Å². The van der Waals surface area contributed by atoms with Gasteiger partial charge >= 0.3 is 6.09 Å². The van der Waals surface area contributed by atoms with Gasteiger partial charge in [0.05, 0.1) is 12.6 Å². The van der Waals surface area contributed by atoms with E-state index in [1.165, 1.54) is 26.4 Å². The summed E-state index contributed by atoms with van der Waals surface area (Å²) in [5, 5.41) is 3.10. The van der Waals surface area contributed by atoms with Crippen LogP contribution in [-0.4, -0.2) is 22.2 Å². The second kappa shape index (κ2) is 4.55. The van der Waals surface area contributed by atoms with Crippen molar-refractivity contribution in [1.29, 1.82) is 0 Å². The van der Waals surface area contributed by atoms with Crippen molar-refractivity contribution < 1.29 is 9.53 Å². The lowest BCUT2D eigenvalue weighted by Crippen LogP contribution is -2.63. The molecule has 0 aromatic carbocycles. The Morgan fingerprint density at radius 2 is 2.00 bits per heavy atom. The largest absolute Gasteiger partial charge is 0.453 e. The van der Waals surface area contributed by atoms with Crippen molar-refractivity contribution in [2.45, 2.75) is 47.5 Å². The summed E-state index contributed by atoms with van der Waals surface area (Å²) in [5.74, 6) is 0. The molecule has 0 heterocycles. The van der Waals surface area contributed by atoms with E-state index < -0.39 is 0 Å². The van der Waals surface area contributed by atoms with Gasteiger partial charge < -0.3 is 10.1 Å². The lowest BCUT2D eigenvalue weighted by molar-refractivity contribution is 0.128. The number of ether oxygens (including phenoxy) is 1. The predicted octanol–water partition coefficient (Wildman–Crippen LogP) is 3.18. The zero-order valence-corrected chi connectivity index (χ0v) is 11.7. The number of hydrogen-bond acceptors (Lipinski definition) is 2. The number of hydrogen-bond donors (Lipinski definition) is 1. The predicted molar refractivity (Wildman–Crippen MR) is 71.9 cm³/mol. The molecule has 1 N–H and O–H groups in total. The van der Waals surface area contributed by atoms with Crippen LogP contribution in [0, 0.1) is 0 Å². The molecular weight excluding hydrogens is 317 g/mol. The molecule has 0 spiro atoms. The molecule has 2 atom stereocenters. The highest BCUT2D eigenvalue weighted by Crippen LogP contribution is 2.50. The van der Waals surface area contributed by atoms with Crippen molar-refractivity contribution >= 4 is 28.7 Å². The lowest BCUT2D eigenvalue weighted by atomic mass is 9.67. The third-order valence-corrected chi connectivity index (χ3v) is 5.90. The molecule has 2 aliphatic carbocycles. The summed E-state index contributed by atoms with van der Waals surface area (Å²) >= 11 is 2.55. The van der Waals surface area contributed by atoms with E-state index in [4.69, 9.17) is 4.74 Å². The maximum Gasteiger partial charge on any atom is 0.407 e. The van der Waals surface area contributed by atoms with E-state index in [2.05, 4.69) is 40.1 Å². The van der Waals surface area contributed by atoms with Crippen LogP contribution in [0.2, 0.25) is 0 Å². The molecule has 0 aliphatic heterocycles. The van der Waals surface area contributed by atoms with Crippen LogP contribution in [0.25, 0.3) is 0 Å². The van der Waals surface area contributed by atoms with E-state index >= 15 is 0 Å². The maximum atomic E-state index is 11.5. The van der Waals surface area contributed by atoms with Gasteiger partial charge in [0.1, 0.15) is 0 Å². The van der Waals surface area contributed by atoms with Crippen LogP contribution in [-0.2, 0) is 4.74 Å². The van der Waals surface area contributed by atoms with E-state index in [0.717, 1.165) is 19.3 Å². The fourth-order valence-corrected chi connectivity index (χ4v) is 4.16. The first kappa shape index (κ1) is 12.2. The number of carbonyl (C=O) groups excluding carboxylic acids is 1. The number of amides is 1. The number of fused-ring (bicyclic) bond motifs is 1. The minimum absolute atomic E-state index is 0.0896. The number of nitrogens with one attached hydrogen (secondary N) is 1. The Bertz CT molecular complexity index is 318. The smallest absolute Gasteiger partial charge is 0.407 e. The van der Waals surface area contributed by atoms with Gasteiger partial charge in [0.25, 0.3) is 0 Å². The van der Waals surface area contributed by atoms with Crippen molar-refractivity contribution in [3.8, 4) is 0 Å². The Hall–Kier alpha value is -0.260. The molecule has 0 aromatic rings. The molecule has 16 heavy (non-hydrogen) atoms. The van der Waals surface area contributed by atoms with Gasteiger partial charge in [-0.15, -0.1) is 0 Å². The number of alkyl carbamates (subject to hydrolysis) is 1. The van der Waals surface area contributed by atoms with Gasteiger partial charge in [-0.1, -0.05) is 47.6 Å². The van der Waals surface area contributed by atoms with Gasteiger partial charge in [-0.2, -0.15) is 0 Å². The molecule has 90 valence electrons. The molecule has 0 aromatic heterocycles. The Kier molecular flexibility index (Phi) is 3.47. The average Bonchev–Trinajstić information content (AvgIpc) is 2.29. The number of rotatable bonds is 1. The molecule has 0 saturated heterocycles. The second-order valence-electron chi connectivity index (χ2n) is 4.75. The molecule has 4 heteroatoms. The van der Waals surface area contributed by atoms with Crippen molar-refractivity contribution in [2.24, 2.45) is 0 Å². The van der Waals surface area contributed by atoms with Gasteiger partial charge in [-0.25, -0.2) is 4.79 Å². The Labute approximate surface area is 110 Å². The van der Waals surface area contributed by atoms with Crippen LogP contribution in [0.5, 0.6) is 0 Å². The first-order valence-corrected chi connectivity index (χ1v) is 6.90. The summed E-state index contributed by atoms with van der Waals surface area (Å²) in [5.41, 5.74) is -0.0896. The molecule has 1 amide bonds. The molecule has 0 radical (unpaired) electrons. The Morgan fingerprint density at radius 3 is 2.75 bits per heavy atom. The molecule has 1 fully saturated rings. The average molecular weight is 335 g/mol. The summed E-state index contributed by atoms with van der Waals surface area (Å²) in [6, 6.07) is 0. The van der Waals surface area contributed by atoms with Gasteiger partial charge in [-0.3, -0.25) is 0 Å². The SMILES string of the molecule is COC(=O)N[C@]12CC=CC[C@]1(I)CCCC2. The van der Waals surface area contributed by atoms with Crippen molar-refractivity contribution in [2.75, 3.05) is 7.11 Å². The first-order valence-electron chi connectivity index (χ1n) is 5.82.